The van der Waals surface area contributed by atoms with Gasteiger partial charge in [-0.25, -0.2) is 4.98 Å². The molecule has 1 aliphatic carbocycles. The summed E-state index contributed by atoms with van der Waals surface area (Å²) in [6.07, 6.45) is 7.53. The van der Waals surface area contributed by atoms with Crippen molar-refractivity contribution in [3.63, 3.8) is 0 Å². The fourth-order valence-corrected chi connectivity index (χ4v) is 5.54. The van der Waals surface area contributed by atoms with Gasteiger partial charge in [0.15, 0.2) is 11.6 Å². The van der Waals surface area contributed by atoms with E-state index in [-0.39, 0.29) is 17.9 Å². The maximum atomic E-state index is 12.9. The molecule has 2 heterocycles. The van der Waals surface area contributed by atoms with Gasteiger partial charge in [-0.1, -0.05) is 48.0 Å². The van der Waals surface area contributed by atoms with E-state index in [0.29, 0.717) is 30.3 Å². The zero-order chi connectivity index (χ0) is 25.1. The van der Waals surface area contributed by atoms with Crippen LogP contribution in [0, 0.1) is 19.8 Å². The molecule has 188 valence electrons. The summed E-state index contributed by atoms with van der Waals surface area (Å²) in [6.45, 7) is 5.63. The average Bonchev–Trinajstić information content (AvgIpc) is 3.35. The van der Waals surface area contributed by atoms with Crippen LogP contribution in [0.1, 0.15) is 75.9 Å². The highest BCUT2D eigenvalue weighted by Crippen LogP contribution is 2.30. The van der Waals surface area contributed by atoms with Crippen LogP contribution in [0.2, 0.25) is 0 Å². The molecule has 0 bridgehead atoms. The first kappa shape index (κ1) is 24.3. The minimum absolute atomic E-state index is 0.0213. The van der Waals surface area contributed by atoms with Gasteiger partial charge in [0.1, 0.15) is 6.26 Å². The summed E-state index contributed by atoms with van der Waals surface area (Å²) in [5, 5.41) is 3.15. The summed E-state index contributed by atoms with van der Waals surface area (Å²) in [6, 6.07) is 14.6. The molecule has 2 amide bonds. The number of amides is 2. The Kier molecular flexibility index (Phi) is 7.21. The Balaban J connectivity index is 1.12. The summed E-state index contributed by atoms with van der Waals surface area (Å²) in [5.41, 5.74) is 6.33. The van der Waals surface area contributed by atoms with Gasteiger partial charge in [0.25, 0.3) is 5.91 Å². The number of aromatic nitrogens is 1. The Bertz CT molecular complexity index is 1240. The van der Waals surface area contributed by atoms with Crippen molar-refractivity contribution in [2.45, 2.75) is 64.8 Å². The molecular formula is C30H35N3O3. The third-order valence-electron chi connectivity index (χ3n) is 7.74. The summed E-state index contributed by atoms with van der Waals surface area (Å²) < 4.78 is 5.67. The normalized spacial score (nSPS) is 18.1. The fourth-order valence-electron chi connectivity index (χ4n) is 5.54. The first-order valence-corrected chi connectivity index (χ1v) is 13.1. The molecule has 1 unspecified atom stereocenters. The molecule has 6 heteroatoms. The number of nitrogens with zero attached hydrogens (tertiary/aromatic N) is 2. The van der Waals surface area contributed by atoms with E-state index in [1.807, 2.05) is 11.0 Å². The highest BCUT2D eigenvalue weighted by Gasteiger charge is 2.26. The van der Waals surface area contributed by atoms with Gasteiger partial charge in [-0.15, -0.1) is 0 Å². The lowest BCUT2D eigenvalue weighted by molar-refractivity contribution is -0.131. The number of benzene rings is 2. The molecule has 1 aliphatic heterocycles. The molecule has 1 saturated heterocycles. The Morgan fingerprint density at radius 1 is 1.08 bits per heavy atom. The van der Waals surface area contributed by atoms with Gasteiger partial charge < -0.3 is 14.6 Å². The Hall–Kier alpha value is -3.41. The summed E-state index contributed by atoms with van der Waals surface area (Å²) in [7, 11) is 0. The van der Waals surface area contributed by atoms with Crippen molar-refractivity contribution in [1.29, 1.82) is 0 Å². The molecule has 2 aliphatic rings. The molecule has 5 rings (SSSR count). The van der Waals surface area contributed by atoms with Crippen LogP contribution >= 0.6 is 0 Å². The number of nitrogens with one attached hydrogen (secondary N) is 1. The van der Waals surface area contributed by atoms with Crippen LogP contribution in [-0.2, 0) is 24.1 Å². The third-order valence-corrected chi connectivity index (χ3v) is 7.74. The van der Waals surface area contributed by atoms with Crippen LogP contribution in [0.3, 0.4) is 0 Å². The van der Waals surface area contributed by atoms with Gasteiger partial charge in [0.2, 0.25) is 5.91 Å². The van der Waals surface area contributed by atoms with Crippen molar-refractivity contribution < 1.29 is 14.0 Å². The zero-order valence-corrected chi connectivity index (χ0v) is 21.3. The first-order valence-electron chi connectivity index (χ1n) is 13.1. The quantitative estimate of drug-likeness (QED) is 0.526. The van der Waals surface area contributed by atoms with Gasteiger partial charge in [-0.3, -0.25) is 9.59 Å². The van der Waals surface area contributed by atoms with E-state index >= 15 is 0 Å². The van der Waals surface area contributed by atoms with E-state index < -0.39 is 0 Å². The molecule has 1 aromatic heterocycles. The monoisotopic (exact) mass is 485 g/mol. The molecule has 0 saturated carbocycles. The average molecular weight is 486 g/mol. The van der Waals surface area contributed by atoms with Crippen molar-refractivity contribution in [3.05, 3.63) is 88.1 Å². The molecule has 0 radical (unpaired) electrons. The number of hydrogen-bond donors (Lipinski definition) is 1. The number of fused-ring (bicyclic) bond motifs is 1. The van der Waals surface area contributed by atoms with E-state index in [0.717, 1.165) is 50.8 Å². The minimum Gasteiger partial charge on any atom is -0.448 e. The number of rotatable bonds is 6. The minimum atomic E-state index is -0.182. The lowest BCUT2D eigenvalue weighted by atomic mass is 9.88. The smallest absolute Gasteiger partial charge is 0.273 e. The van der Waals surface area contributed by atoms with Crippen molar-refractivity contribution in [2.75, 3.05) is 13.1 Å². The maximum Gasteiger partial charge on any atom is 0.273 e. The number of likely N-dealkylation sites (tertiary alicyclic amines) is 1. The van der Waals surface area contributed by atoms with Crippen molar-refractivity contribution in [1.82, 2.24) is 15.2 Å². The van der Waals surface area contributed by atoms with Crippen LogP contribution in [0.5, 0.6) is 0 Å². The predicted octanol–water partition coefficient (Wildman–Crippen LogP) is 5.12. The van der Waals surface area contributed by atoms with Gasteiger partial charge in [0.05, 0.1) is 12.5 Å². The molecule has 36 heavy (non-hydrogen) atoms. The summed E-state index contributed by atoms with van der Waals surface area (Å²) >= 11 is 0. The number of piperidine rings is 1. The SMILES string of the molecule is Cc1ccc(C)c(CC(=O)N2CCC(Cc3nc(C(=O)NC4CCCc5ccccc54)co3)CC2)c1. The summed E-state index contributed by atoms with van der Waals surface area (Å²) in [4.78, 5) is 32.2. The molecule has 3 aromatic rings. The van der Waals surface area contributed by atoms with E-state index in [9.17, 15) is 9.59 Å². The standard InChI is InChI=1S/C30H35N3O3/c1-20-10-11-21(2)24(16-20)18-29(34)33-14-12-22(13-15-33)17-28-31-27(19-36-28)30(35)32-26-9-5-7-23-6-3-4-8-25(23)26/h3-4,6,8,10-11,16,19,22,26H,5,7,9,12-15,17-18H2,1-2H3,(H,32,35). The lowest BCUT2D eigenvalue weighted by Gasteiger charge is -2.31. The fraction of sp³-hybridized carbons (Fsp3) is 0.433. The van der Waals surface area contributed by atoms with E-state index in [2.05, 4.69) is 60.5 Å². The van der Waals surface area contributed by atoms with E-state index in [4.69, 9.17) is 4.42 Å². The number of hydrogen-bond acceptors (Lipinski definition) is 4. The first-order chi connectivity index (χ1) is 17.5. The highest BCUT2D eigenvalue weighted by molar-refractivity contribution is 5.92. The maximum absolute atomic E-state index is 12.9. The second kappa shape index (κ2) is 10.7. The van der Waals surface area contributed by atoms with Crippen LogP contribution in [0.15, 0.2) is 53.1 Å². The summed E-state index contributed by atoms with van der Waals surface area (Å²) in [5.74, 6) is 1.01. The molecule has 6 nitrogen and oxygen atoms in total. The highest BCUT2D eigenvalue weighted by atomic mass is 16.3. The number of aryl methyl sites for hydroxylation is 3. The second-order valence-electron chi connectivity index (χ2n) is 10.4. The zero-order valence-electron chi connectivity index (χ0n) is 21.3. The topological polar surface area (TPSA) is 75.4 Å². The number of carbonyl (C=O) groups is 2. The Morgan fingerprint density at radius 2 is 1.89 bits per heavy atom. The van der Waals surface area contributed by atoms with Gasteiger partial charge in [-0.2, -0.15) is 0 Å². The van der Waals surface area contributed by atoms with Gasteiger partial charge in [0, 0.05) is 19.5 Å². The largest absolute Gasteiger partial charge is 0.448 e. The van der Waals surface area contributed by atoms with Crippen LogP contribution in [0.4, 0.5) is 0 Å². The molecule has 1 N–H and O–H groups in total. The van der Waals surface area contributed by atoms with E-state index in [1.165, 1.54) is 28.5 Å². The Morgan fingerprint density at radius 3 is 2.72 bits per heavy atom. The van der Waals surface area contributed by atoms with Crippen LogP contribution < -0.4 is 5.32 Å². The second-order valence-corrected chi connectivity index (χ2v) is 10.4. The van der Waals surface area contributed by atoms with E-state index in [1.54, 1.807) is 0 Å². The molecule has 1 atom stereocenters. The third kappa shape index (κ3) is 5.53. The molecular weight excluding hydrogens is 450 g/mol. The Labute approximate surface area is 213 Å². The molecule has 2 aromatic carbocycles. The van der Waals surface area contributed by atoms with Crippen LogP contribution in [0.25, 0.3) is 0 Å². The van der Waals surface area contributed by atoms with Crippen molar-refractivity contribution in [3.8, 4) is 0 Å². The van der Waals surface area contributed by atoms with Gasteiger partial charge >= 0.3 is 0 Å². The molecule has 1 fully saturated rings. The predicted molar refractivity (Wildman–Crippen MR) is 139 cm³/mol. The number of carbonyl (C=O) groups excluding carboxylic acids is 2. The van der Waals surface area contributed by atoms with Gasteiger partial charge in [-0.05, 0) is 74.1 Å². The number of oxazole rings is 1. The van der Waals surface area contributed by atoms with Crippen molar-refractivity contribution >= 4 is 11.8 Å². The molecule has 0 spiro atoms. The lowest BCUT2D eigenvalue weighted by Crippen LogP contribution is -2.39. The van der Waals surface area contributed by atoms with Crippen LogP contribution in [-0.4, -0.2) is 34.8 Å². The van der Waals surface area contributed by atoms with Crippen molar-refractivity contribution in [2.24, 2.45) is 5.92 Å².